The number of benzene rings is 3. The van der Waals surface area contributed by atoms with Gasteiger partial charge < -0.3 is 15.0 Å². The van der Waals surface area contributed by atoms with Crippen LogP contribution >= 0.6 is 11.8 Å². The van der Waals surface area contributed by atoms with Gasteiger partial charge in [0.1, 0.15) is 18.3 Å². The average Bonchev–Trinajstić information content (AvgIpc) is 3.00. The van der Waals surface area contributed by atoms with Crippen LogP contribution in [0.15, 0.2) is 82.6 Å². The number of sulfonamides is 1. The number of rotatable bonds is 16. The van der Waals surface area contributed by atoms with Crippen molar-refractivity contribution in [2.75, 3.05) is 30.3 Å². The summed E-state index contributed by atoms with van der Waals surface area (Å²) in [6.07, 6.45) is 4.03. The fourth-order valence-electron chi connectivity index (χ4n) is 4.76. The minimum absolute atomic E-state index is 0.0546. The van der Waals surface area contributed by atoms with Gasteiger partial charge in [0.25, 0.3) is 10.0 Å². The Balaban J connectivity index is 2.09. The van der Waals surface area contributed by atoms with Crippen LogP contribution in [0.1, 0.15) is 51.2 Å². The van der Waals surface area contributed by atoms with Crippen molar-refractivity contribution in [3.8, 4) is 5.75 Å². The number of ether oxygens (including phenoxy) is 1. The normalized spacial score (nSPS) is 11.9. The largest absolute Gasteiger partial charge is 0.492 e. The maximum atomic E-state index is 14.3. The van der Waals surface area contributed by atoms with Gasteiger partial charge in [-0.05, 0) is 74.9 Å². The molecule has 0 heterocycles. The van der Waals surface area contributed by atoms with E-state index < -0.39 is 28.5 Å². The van der Waals surface area contributed by atoms with Gasteiger partial charge in [-0.15, -0.1) is 11.8 Å². The quantitative estimate of drug-likeness (QED) is 0.154. The Bertz CT molecular complexity index is 1460. The Morgan fingerprint density at radius 3 is 2.33 bits per heavy atom. The summed E-state index contributed by atoms with van der Waals surface area (Å²) in [7, 11) is -4.20. The van der Waals surface area contributed by atoms with Gasteiger partial charge in [0.15, 0.2) is 0 Å². The highest BCUT2D eigenvalue weighted by Gasteiger charge is 2.34. The predicted octanol–water partition coefficient (Wildman–Crippen LogP) is 6.03. The number of hydrogen-bond acceptors (Lipinski definition) is 6. The van der Waals surface area contributed by atoms with E-state index in [1.54, 1.807) is 48.5 Å². The number of nitrogens with one attached hydrogen (secondary N) is 1. The molecule has 0 saturated heterocycles. The van der Waals surface area contributed by atoms with Crippen molar-refractivity contribution in [3.63, 3.8) is 0 Å². The van der Waals surface area contributed by atoms with Crippen LogP contribution in [0.2, 0.25) is 0 Å². The standard InChI is InChI=1S/C33H43N3O5S2/c1-6-9-21-34-33(38)29(7-2)35(23-26-14-12-13-25(4)22-26)32(37)24-36(30-15-10-11-16-31(30)41-8-3)43(39,40)28-19-17-27(42-5)18-20-28/h10-20,22,29H,6-9,21,23-24H2,1-5H3,(H,34,38)/t29-/m1/s1. The lowest BCUT2D eigenvalue weighted by atomic mass is 10.1. The summed E-state index contributed by atoms with van der Waals surface area (Å²) in [6.45, 7) is 8.14. The summed E-state index contributed by atoms with van der Waals surface area (Å²) in [5.74, 6) is -0.403. The first-order valence-electron chi connectivity index (χ1n) is 14.7. The Kier molecular flexibility index (Phi) is 12.9. The Hall–Kier alpha value is -3.50. The smallest absolute Gasteiger partial charge is 0.264 e. The summed E-state index contributed by atoms with van der Waals surface area (Å²) in [6, 6.07) is 20.3. The molecule has 1 N–H and O–H groups in total. The zero-order chi connectivity index (χ0) is 31.4. The second-order valence-electron chi connectivity index (χ2n) is 10.2. The third kappa shape index (κ3) is 9.00. The summed E-state index contributed by atoms with van der Waals surface area (Å²) in [5.41, 5.74) is 2.13. The van der Waals surface area contributed by atoms with Gasteiger partial charge in [-0.2, -0.15) is 0 Å². The second kappa shape index (κ2) is 16.4. The Labute approximate surface area is 260 Å². The number of aryl methyl sites for hydroxylation is 1. The fraction of sp³-hybridized carbons (Fsp3) is 0.394. The molecule has 43 heavy (non-hydrogen) atoms. The van der Waals surface area contributed by atoms with E-state index in [0.717, 1.165) is 33.2 Å². The number of hydrogen-bond donors (Lipinski definition) is 1. The third-order valence-corrected chi connectivity index (χ3v) is 9.53. The zero-order valence-electron chi connectivity index (χ0n) is 25.7. The van der Waals surface area contributed by atoms with E-state index in [-0.39, 0.29) is 23.0 Å². The monoisotopic (exact) mass is 625 g/mol. The molecule has 0 aliphatic rings. The third-order valence-electron chi connectivity index (χ3n) is 7.01. The lowest BCUT2D eigenvalue weighted by Gasteiger charge is -2.33. The highest BCUT2D eigenvalue weighted by Crippen LogP contribution is 2.33. The summed E-state index contributed by atoms with van der Waals surface area (Å²) >= 11 is 1.51. The van der Waals surface area contributed by atoms with Crippen molar-refractivity contribution >= 4 is 39.3 Å². The maximum absolute atomic E-state index is 14.3. The molecular formula is C33H43N3O5S2. The molecule has 0 saturated carbocycles. The number of anilines is 1. The molecule has 8 nitrogen and oxygen atoms in total. The Morgan fingerprint density at radius 1 is 0.977 bits per heavy atom. The lowest BCUT2D eigenvalue weighted by molar-refractivity contribution is -0.140. The van der Waals surface area contributed by atoms with Crippen molar-refractivity contribution in [1.82, 2.24) is 10.2 Å². The predicted molar refractivity (Wildman–Crippen MR) is 174 cm³/mol. The lowest BCUT2D eigenvalue weighted by Crippen LogP contribution is -2.52. The molecule has 2 amide bonds. The molecular weight excluding hydrogens is 583 g/mol. The van der Waals surface area contributed by atoms with Crippen LogP contribution < -0.4 is 14.4 Å². The first-order valence-corrected chi connectivity index (χ1v) is 17.3. The number of thioether (sulfide) groups is 1. The number of nitrogens with zero attached hydrogens (tertiary/aromatic N) is 2. The molecule has 10 heteroatoms. The SMILES string of the molecule is CCCCNC(=O)[C@@H](CC)N(Cc1cccc(C)c1)C(=O)CN(c1ccccc1OCC)S(=O)(=O)c1ccc(SC)cc1. The molecule has 0 aliphatic carbocycles. The van der Waals surface area contributed by atoms with Crippen molar-refractivity contribution in [3.05, 3.63) is 83.9 Å². The van der Waals surface area contributed by atoms with Crippen LogP contribution in [0.25, 0.3) is 0 Å². The first-order chi connectivity index (χ1) is 20.7. The van der Waals surface area contributed by atoms with Crippen LogP contribution in [0.4, 0.5) is 5.69 Å². The van der Waals surface area contributed by atoms with E-state index in [1.807, 2.05) is 58.2 Å². The van der Waals surface area contributed by atoms with Crippen LogP contribution in [0.5, 0.6) is 5.75 Å². The van der Waals surface area contributed by atoms with Crippen molar-refractivity contribution in [1.29, 1.82) is 0 Å². The number of carbonyl (C=O) groups excluding carboxylic acids is 2. The molecule has 0 fully saturated rings. The van der Waals surface area contributed by atoms with E-state index in [1.165, 1.54) is 16.7 Å². The van der Waals surface area contributed by atoms with Crippen molar-refractivity contribution in [2.24, 2.45) is 0 Å². The number of unbranched alkanes of at least 4 members (excludes halogenated alkanes) is 1. The van der Waals surface area contributed by atoms with Gasteiger partial charge in [-0.1, -0.05) is 62.2 Å². The molecule has 0 aromatic heterocycles. The van der Waals surface area contributed by atoms with Crippen LogP contribution in [-0.4, -0.2) is 57.1 Å². The molecule has 232 valence electrons. The van der Waals surface area contributed by atoms with Crippen LogP contribution in [0.3, 0.4) is 0 Å². The summed E-state index contributed by atoms with van der Waals surface area (Å²) in [4.78, 5) is 30.1. The number of amides is 2. The number of para-hydroxylation sites is 2. The highest BCUT2D eigenvalue weighted by molar-refractivity contribution is 7.98. The molecule has 0 radical (unpaired) electrons. The molecule has 0 bridgehead atoms. The minimum atomic E-state index is -4.20. The van der Waals surface area contributed by atoms with E-state index in [2.05, 4.69) is 5.32 Å². The second-order valence-corrected chi connectivity index (χ2v) is 12.9. The maximum Gasteiger partial charge on any atom is 0.264 e. The molecule has 0 aliphatic heterocycles. The summed E-state index contributed by atoms with van der Waals surface area (Å²) in [5, 5.41) is 2.96. The fourth-order valence-corrected chi connectivity index (χ4v) is 6.59. The van der Waals surface area contributed by atoms with Gasteiger partial charge in [0, 0.05) is 18.0 Å². The minimum Gasteiger partial charge on any atom is -0.492 e. The van der Waals surface area contributed by atoms with Crippen molar-refractivity contribution < 1.29 is 22.7 Å². The van der Waals surface area contributed by atoms with E-state index in [0.29, 0.717) is 25.3 Å². The van der Waals surface area contributed by atoms with E-state index in [4.69, 9.17) is 4.74 Å². The first kappa shape index (κ1) is 34.0. The molecule has 3 aromatic carbocycles. The van der Waals surface area contributed by atoms with Gasteiger partial charge >= 0.3 is 0 Å². The van der Waals surface area contributed by atoms with E-state index >= 15 is 0 Å². The summed E-state index contributed by atoms with van der Waals surface area (Å²) < 4.78 is 35.3. The topological polar surface area (TPSA) is 96.0 Å². The van der Waals surface area contributed by atoms with Crippen LogP contribution in [0, 0.1) is 6.92 Å². The molecule has 3 aromatic rings. The highest BCUT2D eigenvalue weighted by atomic mass is 32.2. The van der Waals surface area contributed by atoms with Gasteiger partial charge in [0.05, 0.1) is 17.2 Å². The molecule has 0 unspecified atom stereocenters. The van der Waals surface area contributed by atoms with Crippen LogP contribution in [-0.2, 0) is 26.2 Å². The van der Waals surface area contributed by atoms with Gasteiger partial charge in [0.2, 0.25) is 11.8 Å². The molecule has 0 spiro atoms. The molecule has 1 atom stereocenters. The van der Waals surface area contributed by atoms with Crippen molar-refractivity contribution in [2.45, 2.75) is 69.3 Å². The molecule has 3 rings (SSSR count). The zero-order valence-corrected chi connectivity index (χ0v) is 27.3. The van der Waals surface area contributed by atoms with Gasteiger partial charge in [-0.3, -0.25) is 13.9 Å². The average molecular weight is 626 g/mol. The van der Waals surface area contributed by atoms with E-state index in [9.17, 15) is 18.0 Å². The number of carbonyl (C=O) groups is 2. The van der Waals surface area contributed by atoms with Gasteiger partial charge in [-0.25, -0.2) is 8.42 Å². The Morgan fingerprint density at radius 2 is 1.70 bits per heavy atom.